The van der Waals surface area contributed by atoms with Gasteiger partial charge in [0.1, 0.15) is 36.1 Å². The van der Waals surface area contributed by atoms with Gasteiger partial charge in [0.05, 0.1) is 61.4 Å². The van der Waals surface area contributed by atoms with Crippen molar-refractivity contribution in [3.8, 4) is 10.8 Å². The number of oxazole rings is 2. The van der Waals surface area contributed by atoms with Gasteiger partial charge < -0.3 is 56.0 Å². The van der Waals surface area contributed by atoms with Crippen molar-refractivity contribution in [3.05, 3.63) is 95.4 Å². The number of aliphatic hydroxyl groups is 1. The Kier molecular flexibility index (Phi) is 25.4. The summed E-state index contributed by atoms with van der Waals surface area (Å²) in [7, 11) is -1.25. The van der Waals surface area contributed by atoms with Crippen molar-refractivity contribution in [2.45, 2.75) is 268 Å². The third-order valence-electron chi connectivity index (χ3n) is 19.5. The number of fused-ring (bicyclic) bond motifs is 9. The van der Waals surface area contributed by atoms with Crippen molar-refractivity contribution in [1.29, 1.82) is 0 Å². The molecule has 0 aromatic carbocycles. The smallest absolute Gasteiger partial charge is 0.330 e. The summed E-state index contributed by atoms with van der Waals surface area (Å²) in [5.74, 6) is 1.79. The molecule has 2 aromatic heterocycles. The van der Waals surface area contributed by atoms with E-state index in [1.165, 1.54) is 0 Å². The van der Waals surface area contributed by atoms with Crippen LogP contribution in [0, 0.1) is 28.5 Å². The number of carbonyl (C=O) groups excluding carboxylic acids is 1. The lowest BCUT2D eigenvalue weighted by atomic mass is 9.79. The maximum Gasteiger partial charge on any atom is 0.330 e. The van der Waals surface area contributed by atoms with Crippen molar-refractivity contribution in [2.75, 3.05) is 20.8 Å². The molecule has 0 amide bonds. The van der Waals surface area contributed by atoms with Gasteiger partial charge >= 0.3 is 5.97 Å². The summed E-state index contributed by atoms with van der Waals surface area (Å²) in [5, 5.41) is 11.0. The van der Waals surface area contributed by atoms with Crippen LogP contribution in [-0.4, -0.2) is 125 Å². The van der Waals surface area contributed by atoms with E-state index in [1.807, 2.05) is 37.3 Å². The lowest BCUT2D eigenvalue weighted by molar-refractivity contribution is -0.291. The second-order valence-corrected chi connectivity index (χ2v) is 38.6. The van der Waals surface area contributed by atoms with E-state index in [0.717, 1.165) is 35.3 Å². The van der Waals surface area contributed by atoms with Crippen LogP contribution in [0.2, 0.25) is 34.8 Å². The van der Waals surface area contributed by atoms with Gasteiger partial charge in [-0.3, -0.25) is 0 Å². The largest absolute Gasteiger partial charge is 0.458 e. The average molecular weight is 1310 g/mol. The highest BCUT2D eigenvalue weighted by Crippen LogP contribution is 2.47. The number of hydrogen-bond donors (Lipinski definition) is 1. The molecule has 4 fully saturated rings. The number of rotatable bonds is 19. The first kappa shape index (κ1) is 70.9. The maximum atomic E-state index is 13.9. The number of halogens is 1. The highest BCUT2D eigenvalue weighted by Gasteiger charge is 2.52. The Morgan fingerprint density at radius 3 is 2.29 bits per heavy atom. The zero-order valence-electron chi connectivity index (χ0n) is 55.4. The fourth-order valence-electron chi connectivity index (χ4n) is 14.0. The third-order valence-corrected chi connectivity index (χ3v) is 30.4. The Balaban J connectivity index is 1.14. The predicted molar refractivity (Wildman–Crippen MR) is 351 cm³/mol. The van der Waals surface area contributed by atoms with Crippen LogP contribution in [0.4, 0.5) is 0 Å². The van der Waals surface area contributed by atoms with Crippen molar-refractivity contribution < 1.29 is 60.7 Å². The van der Waals surface area contributed by atoms with E-state index >= 15 is 0 Å². The van der Waals surface area contributed by atoms with E-state index in [2.05, 4.69) is 142 Å². The number of carbonyl (C=O) groups is 1. The van der Waals surface area contributed by atoms with Crippen molar-refractivity contribution >= 4 is 50.7 Å². The van der Waals surface area contributed by atoms with E-state index in [0.29, 0.717) is 85.5 Å². The number of allylic oxidation sites excluding steroid dienone is 2. The van der Waals surface area contributed by atoms with Crippen LogP contribution < -0.4 is 0 Å². The van der Waals surface area contributed by atoms with Crippen LogP contribution >= 0.6 is 15.9 Å². The minimum Gasteiger partial charge on any atom is -0.458 e. The number of methoxy groups -OCH3 is 2. The minimum atomic E-state index is -2.48. The molecular weight excluding hydrogens is 1200 g/mol. The van der Waals surface area contributed by atoms with Crippen LogP contribution in [-0.2, 0) is 53.2 Å². The van der Waals surface area contributed by atoms with Crippen molar-refractivity contribution in [2.24, 2.45) is 17.8 Å². The predicted octanol–water partition coefficient (Wildman–Crippen LogP) is 15.7. The third kappa shape index (κ3) is 18.4. The molecule has 0 aliphatic carbocycles. The second kappa shape index (κ2) is 31.2. The summed E-state index contributed by atoms with van der Waals surface area (Å²) >= 11 is 3.20. The maximum absolute atomic E-state index is 13.9. The molecule has 18 heteroatoms. The molecule has 0 radical (unpaired) electrons. The number of aromatic nitrogens is 2. The zero-order valence-corrected chi connectivity index (χ0v) is 59.0. The monoisotopic (exact) mass is 1300 g/mol. The molecule has 15 atom stereocenters. The molecule has 4 saturated heterocycles. The van der Waals surface area contributed by atoms with Gasteiger partial charge in [-0.1, -0.05) is 130 Å². The van der Waals surface area contributed by atoms with Gasteiger partial charge in [-0.15, -0.1) is 0 Å². The first-order valence-corrected chi connectivity index (χ1v) is 37.9. The molecule has 0 saturated carbocycles. The van der Waals surface area contributed by atoms with Crippen LogP contribution in [0.15, 0.2) is 81.1 Å². The Bertz CT molecular complexity index is 2780. The SMILES string of the molecule is C=C1C[C@@H]2C[C@@H]3C[C@@H](O[Si](C)(C)C(C)(C)C)C[C@@H](O3)c3coc(n3)/C=C/C[C@H]3OC(/C(C)=C/c4coc(C[C@]5(OC)C[C@H](CO)C[C@H]([C@H](/C=C(C)/C=C/[C@@H](CC#CBr)OC)O[Si](C(C)C)(C(C)C)C(C)C)O5)n4)[C@H](C)[C@@H](OC(=O)/C=C\C[C@@H](C1)O2)[C@H]3C. The summed E-state index contributed by atoms with van der Waals surface area (Å²) in [6.45, 7) is 37.7. The van der Waals surface area contributed by atoms with Crippen LogP contribution in [0.3, 0.4) is 0 Å². The molecule has 484 valence electrons. The van der Waals surface area contributed by atoms with E-state index in [-0.39, 0.29) is 78.5 Å². The minimum absolute atomic E-state index is 0.00755. The summed E-state index contributed by atoms with van der Waals surface area (Å²) in [5.41, 5.74) is 5.30. The number of aliphatic hydroxyl groups excluding tert-OH is 1. The normalized spacial score (nSPS) is 31.7. The summed E-state index contributed by atoms with van der Waals surface area (Å²) in [4.78, 5) is 26.7. The first-order valence-electron chi connectivity index (χ1n) is 32.0. The van der Waals surface area contributed by atoms with Crippen molar-refractivity contribution in [1.82, 2.24) is 9.97 Å². The van der Waals surface area contributed by atoms with Crippen molar-refractivity contribution in [3.63, 3.8) is 0 Å². The van der Waals surface area contributed by atoms with E-state index in [4.69, 9.17) is 60.8 Å². The fraction of sp³-hybridized carbons (Fsp3) is 0.696. The average Bonchev–Trinajstić information content (AvgIpc) is 2.23. The van der Waals surface area contributed by atoms with Gasteiger partial charge in [-0.25, -0.2) is 14.8 Å². The Morgan fingerprint density at radius 1 is 0.908 bits per heavy atom. The molecule has 5 aliphatic heterocycles. The number of ether oxygens (including phenoxy) is 7. The molecule has 87 heavy (non-hydrogen) atoms. The lowest BCUT2D eigenvalue weighted by Gasteiger charge is -2.49. The molecule has 5 aliphatic rings. The van der Waals surface area contributed by atoms with Gasteiger partial charge in [0.25, 0.3) is 0 Å². The standard InChI is InChI=1S/C69H105BrN2O13Si2/c1-43(2)87(44(3)4,45(5)6)85-62(32-46(7)27-28-53(75-15)23-21-29-70)61-34-51(40-73)38-69(76-16,83-61)39-64-71-52(41-77-64)33-48(9)66-50(11)67-49(10)59(81-66)24-20-25-63-72-58(42-78-63)60-37-57(84-86(17,18)68(12,13)14)36-56(80-60)35-55-31-47(8)30-54(79-55)22-19-26-65(74)82-67/h19-20,25-28,32-33,41-45,49-51,53-57,59-62,66-67,73H,8,22-24,30-31,34-40H2,1-7,9-18H3/b25-20+,26-19-,28-27+,46-32+,48-33+/t49-,50-,51+,53+,54-,55+,56+,57+,59+,60+,61+,62-,66?,67-,69-/m0/s1. The number of nitrogens with zero attached hydrogens (tertiary/aromatic N) is 2. The van der Waals surface area contributed by atoms with Gasteiger partial charge in [0, 0.05) is 80.4 Å². The van der Waals surface area contributed by atoms with Gasteiger partial charge in [-0.2, -0.15) is 0 Å². The molecule has 1 unspecified atom stereocenters. The molecule has 7 rings (SSSR count). The fourth-order valence-corrected chi connectivity index (χ4v) is 21.0. The summed E-state index contributed by atoms with van der Waals surface area (Å²) < 4.78 is 73.4. The van der Waals surface area contributed by atoms with Gasteiger partial charge in [-0.05, 0) is 116 Å². The number of esters is 1. The van der Waals surface area contributed by atoms with Crippen LogP contribution in [0.1, 0.15) is 183 Å². The molecule has 7 heterocycles. The topological polar surface area (TPSA) is 172 Å². The number of hydrogen-bond acceptors (Lipinski definition) is 15. The first-order chi connectivity index (χ1) is 41.1. The molecule has 2 aromatic rings. The summed E-state index contributed by atoms with van der Waals surface area (Å²) in [6.07, 6.45) is 22.3. The second-order valence-electron chi connectivity index (χ2n) is 28.0. The van der Waals surface area contributed by atoms with Crippen LogP contribution in [0.25, 0.3) is 12.2 Å². The zero-order chi connectivity index (χ0) is 63.6. The van der Waals surface area contributed by atoms with Gasteiger partial charge in [0.2, 0.25) is 14.2 Å². The van der Waals surface area contributed by atoms with E-state index in [9.17, 15) is 9.90 Å². The Labute approximate surface area is 531 Å². The Hall–Kier alpha value is -3.56. The highest BCUT2D eigenvalue weighted by molar-refractivity contribution is 9.12. The van der Waals surface area contributed by atoms with E-state index in [1.54, 1.807) is 32.8 Å². The van der Waals surface area contributed by atoms with Crippen LogP contribution in [0.5, 0.6) is 0 Å². The van der Waals surface area contributed by atoms with Gasteiger partial charge in [0.15, 0.2) is 20.0 Å². The molecule has 8 bridgehead atoms. The molecular formula is C69H105BrN2O13Si2. The quantitative estimate of drug-likeness (QED) is 0.0462. The Morgan fingerprint density at radius 2 is 1.62 bits per heavy atom. The molecule has 1 N–H and O–H groups in total. The lowest BCUT2D eigenvalue weighted by Crippen LogP contribution is -2.56. The molecule has 0 spiro atoms. The highest BCUT2D eigenvalue weighted by atomic mass is 79.9. The summed E-state index contributed by atoms with van der Waals surface area (Å²) in [6, 6.07) is 0. The van der Waals surface area contributed by atoms with E-state index < -0.39 is 52.8 Å². The molecule has 15 nitrogen and oxygen atoms in total.